The summed E-state index contributed by atoms with van der Waals surface area (Å²) >= 11 is 3.24. The number of hydrogen-bond donors (Lipinski definition) is 2. The molecule has 1 aromatic rings. The Bertz CT molecular complexity index is 513. The van der Waals surface area contributed by atoms with Gasteiger partial charge in [0.1, 0.15) is 21.5 Å². The van der Waals surface area contributed by atoms with Gasteiger partial charge >= 0.3 is 0 Å². The molecule has 0 atom stereocenters. The maximum atomic E-state index is 11.8. The zero-order valence-electron chi connectivity index (χ0n) is 10.7. The molecule has 5 nitrogen and oxygen atoms in total. The summed E-state index contributed by atoms with van der Waals surface area (Å²) in [6.45, 7) is 1.81. The lowest BCUT2D eigenvalue weighted by Crippen LogP contribution is -2.25. The Morgan fingerprint density at radius 3 is 2.95 bits per heavy atom. The average molecular weight is 296 g/mol. The number of nitriles is 1. The number of carbonyl (C=O) groups is 1. The van der Waals surface area contributed by atoms with Gasteiger partial charge in [-0.3, -0.25) is 4.79 Å². The molecule has 0 radical (unpaired) electrons. The highest BCUT2D eigenvalue weighted by Gasteiger charge is 2.24. The van der Waals surface area contributed by atoms with Gasteiger partial charge in [0, 0.05) is 25.9 Å². The van der Waals surface area contributed by atoms with E-state index in [4.69, 9.17) is 5.73 Å². The lowest BCUT2D eigenvalue weighted by molar-refractivity contribution is 0.0968. The fraction of sp³-hybridized carbons (Fsp3) is 0.500. The van der Waals surface area contributed by atoms with Crippen LogP contribution in [0, 0.1) is 11.3 Å². The molecule has 1 aromatic heterocycles. The Morgan fingerprint density at radius 1 is 1.47 bits per heavy atom. The number of nitrogens with zero attached hydrogens (tertiary/aromatic N) is 2. The molecule has 0 unspecified atom stereocenters. The molecule has 2 rings (SSSR count). The SMILES string of the molecule is CNC(=O)c1sc(N2CCCSCC2)c(C#N)c1N. The number of nitrogens with one attached hydrogen (secondary N) is 1. The van der Waals surface area contributed by atoms with E-state index < -0.39 is 0 Å². The fourth-order valence-corrected chi connectivity index (χ4v) is 4.05. The third-order valence-electron chi connectivity index (χ3n) is 2.98. The van der Waals surface area contributed by atoms with Gasteiger partial charge in [0.2, 0.25) is 0 Å². The minimum absolute atomic E-state index is 0.227. The van der Waals surface area contributed by atoms with Crippen LogP contribution in [0.5, 0.6) is 0 Å². The van der Waals surface area contributed by atoms with Crippen molar-refractivity contribution in [3.8, 4) is 6.07 Å². The summed E-state index contributed by atoms with van der Waals surface area (Å²) in [6.07, 6.45) is 1.09. The topological polar surface area (TPSA) is 82.2 Å². The molecule has 19 heavy (non-hydrogen) atoms. The normalized spacial score (nSPS) is 15.7. The first-order valence-corrected chi connectivity index (χ1v) is 8.03. The number of nitrogens with two attached hydrogens (primary N) is 1. The largest absolute Gasteiger partial charge is 0.396 e. The van der Waals surface area contributed by atoms with Gasteiger partial charge in [0.25, 0.3) is 5.91 Å². The maximum Gasteiger partial charge on any atom is 0.263 e. The van der Waals surface area contributed by atoms with Crippen molar-refractivity contribution in [3.63, 3.8) is 0 Å². The quantitative estimate of drug-likeness (QED) is 0.864. The van der Waals surface area contributed by atoms with Crippen LogP contribution in [0.1, 0.15) is 21.7 Å². The number of hydrogen-bond acceptors (Lipinski definition) is 6. The van der Waals surface area contributed by atoms with E-state index in [0.29, 0.717) is 16.1 Å². The van der Waals surface area contributed by atoms with Gasteiger partial charge in [-0.15, -0.1) is 11.3 Å². The highest BCUT2D eigenvalue weighted by molar-refractivity contribution is 7.99. The number of thiophene rings is 1. The fourth-order valence-electron chi connectivity index (χ4n) is 1.99. The van der Waals surface area contributed by atoms with Gasteiger partial charge in [0.05, 0.1) is 5.69 Å². The highest BCUT2D eigenvalue weighted by atomic mass is 32.2. The molecule has 1 aliphatic rings. The minimum Gasteiger partial charge on any atom is -0.396 e. The van der Waals surface area contributed by atoms with Crippen molar-refractivity contribution in [2.45, 2.75) is 6.42 Å². The van der Waals surface area contributed by atoms with Gasteiger partial charge in [-0.25, -0.2) is 0 Å². The van der Waals surface area contributed by atoms with Crippen LogP contribution in [-0.4, -0.2) is 37.6 Å². The summed E-state index contributed by atoms with van der Waals surface area (Å²) in [7, 11) is 1.57. The summed E-state index contributed by atoms with van der Waals surface area (Å²) in [5.74, 6) is 1.95. The molecule has 2 heterocycles. The van der Waals surface area contributed by atoms with E-state index in [1.165, 1.54) is 11.3 Å². The van der Waals surface area contributed by atoms with E-state index in [0.717, 1.165) is 36.0 Å². The van der Waals surface area contributed by atoms with Crippen LogP contribution >= 0.6 is 23.1 Å². The molecule has 0 aromatic carbocycles. The summed E-state index contributed by atoms with van der Waals surface area (Å²) < 4.78 is 0. The van der Waals surface area contributed by atoms with Gasteiger partial charge in [-0.05, 0) is 12.2 Å². The van der Waals surface area contributed by atoms with Crippen LogP contribution in [0.25, 0.3) is 0 Å². The highest BCUT2D eigenvalue weighted by Crippen LogP contribution is 2.38. The van der Waals surface area contributed by atoms with Crippen LogP contribution in [0.4, 0.5) is 10.7 Å². The first-order valence-electron chi connectivity index (χ1n) is 6.06. The van der Waals surface area contributed by atoms with Crippen molar-refractivity contribution in [2.75, 3.05) is 42.3 Å². The van der Waals surface area contributed by atoms with E-state index in [1.807, 2.05) is 11.8 Å². The molecule has 1 aliphatic heterocycles. The molecule has 0 aliphatic carbocycles. The number of anilines is 2. The predicted molar refractivity (Wildman–Crippen MR) is 81.0 cm³/mol. The molecule has 1 fully saturated rings. The second-order valence-corrected chi connectivity index (χ2v) is 6.39. The lowest BCUT2D eigenvalue weighted by Gasteiger charge is -2.20. The monoisotopic (exact) mass is 296 g/mol. The molecule has 0 bridgehead atoms. The molecule has 0 saturated carbocycles. The second-order valence-electron chi connectivity index (χ2n) is 4.17. The van der Waals surface area contributed by atoms with Crippen molar-refractivity contribution < 1.29 is 4.79 Å². The van der Waals surface area contributed by atoms with E-state index in [1.54, 1.807) is 7.05 Å². The van der Waals surface area contributed by atoms with E-state index >= 15 is 0 Å². The molecule has 3 N–H and O–H groups in total. The Hall–Kier alpha value is -1.39. The van der Waals surface area contributed by atoms with Crippen molar-refractivity contribution in [1.29, 1.82) is 5.26 Å². The number of carbonyl (C=O) groups excluding carboxylic acids is 1. The van der Waals surface area contributed by atoms with Crippen LogP contribution in [0.15, 0.2) is 0 Å². The van der Waals surface area contributed by atoms with Gasteiger partial charge in [-0.2, -0.15) is 17.0 Å². The number of thioether (sulfide) groups is 1. The molecular formula is C12H16N4OS2. The summed E-state index contributed by atoms with van der Waals surface area (Å²) in [5, 5.41) is 12.7. The van der Waals surface area contributed by atoms with Gasteiger partial charge in [0.15, 0.2) is 0 Å². The van der Waals surface area contributed by atoms with E-state index in [9.17, 15) is 10.1 Å². The zero-order valence-corrected chi connectivity index (χ0v) is 12.4. The first-order chi connectivity index (χ1) is 9.19. The zero-order chi connectivity index (χ0) is 13.8. The molecule has 102 valence electrons. The Kier molecular flexibility index (Phi) is 4.56. The molecule has 1 saturated heterocycles. The summed E-state index contributed by atoms with van der Waals surface area (Å²) in [4.78, 5) is 14.4. The Labute approximate surface area is 120 Å². The summed E-state index contributed by atoms with van der Waals surface area (Å²) in [6, 6.07) is 2.14. The second kappa shape index (κ2) is 6.17. The number of rotatable bonds is 2. The third kappa shape index (κ3) is 2.80. The molecule has 0 spiro atoms. The van der Waals surface area contributed by atoms with Crippen LogP contribution in [0.3, 0.4) is 0 Å². The summed E-state index contributed by atoms with van der Waals surface area (Å²) in [5.41, 5.74) is 6.68. The van der Waals surface area contributed by atoms with Crippen LogP contribution < -0.4 is 16.0 Å². The van der Waals surface area contributed by atoms with Gasteiger partial charge in [-0.1, -0.05) is 0 Å². The van der Waals surface area contributed by atoms with Gasteiger partial charge < -0.3 is 16.0 Å². The van der Waals surface area contributed by atoms with Crippen molar-refractivity contribution in [2.24, 2.45) is 0 Å². The van der Waals surface area contributed by atoms with Crippen molar-refractivity contribution in [3.05, 3.63) is 10.4 Å². The average Bonchev–Trinajstić information content (AvgIpc) is 2.61. The van der Waals surface area contributed by atoms with Crippen LogP contribution in [-0.2, 0) is 0 Å². The third-order valence-corrected chi connectivity index (χ3v) is 5.29. The predicted octanol–water partition coefficient (Wildman–Crippen LogP) is 1.50. The smallest absolute Gasteiger partial charge is 0.263 e. The molecular weight excluding hydrogens is 280 g/mol. The lowest BCUT2D eigenvalue weighted by atomic mass is 10.2. The van der Waals surface area contributed by atoms with E-state index in [-0.39, 0.29) is 5.91 Å². The first kappa shape index (κ1) is 14.0. The maximum absolute atomic E-state index is 11.8. The minimum atomic E-state index is -0.227. The van der Waals surface area contributed by atoms with E-state index in [2.05, 4.69) is 16.3 Å². The molecule has 7 heteroatoms. The Morgan fingerprint density at radius 2 is 2.26 bits per heavy atom. The standard InChI is InChI=1S/C12H16N4OS2/c1-15-11(17)10-9(14)8(7-13)12(19-10)16-3-2-5-18-6-4-16/h2-6,14H2,1H3,(H,15,17). The molecule has 1 amide bonds. The Balaban J connectivity index is 2.39. The van der Waals surface area contributed by atoms with Crippen LogP contribution in [0.2, 0.25) is 0 Å². The van der Waals surface area contributed by atoms with Crippen molar-refractivity contribution in [1.82, 2.24) is 5.32 Å². The number of nitrogen functional groups attached to an aromatic ring is 1. The number of amides is 1. The van der Waals surface area contributed by atoms with Crippen molar-refractivity contribution >= 4 is 39.7 Å².